The van der Waals surface area contributed by atoms with Gasteiger partial charge in [-0.1, -0.05) is 41.4 Å². The Balaban J connectivity index is 1.74. The number of carbonyl (C=O) groups is 1. The Morgan fingerprint density at radius 1 is 1.00 bits per heavy atom. The van der Waals surface area contributed by atoms with Crippen molar-refractivity contribution in [2.45, 2.75) is 20.8 Å². The number of ether oxygens (including phenoxy) is 1. The predicted octanol–water partition coefficient (Wildman–Crippen LogP) is 6.71. The van der Waals surface area contributed by atoms with Gasteiger partial charge in [-0.3, -0.25) is 9.59 Å². The average molecular weight is 482 g/mol. The molecule has 4 rings (SSSR count). The van der Waals surface area contributed by atoms with E-state index >= 15 is 0 Å². The molecule has 1 amide bonds. The number of rotatable bonds is 5. The van der Waals surface area contributed by atoms with Crippen molar-refractivity contribution in [1.82, 2.24) is 0 Å². The first kappa shape index (κ1) is 22.9. The van der Waals surface area contributed by atoms with Crippen LogP contribution in [0.3, 0.4) is 0 Å². The number of benzene rings is 3. The fourth-order valence-corrected chi connectivity index (χ4v) is 4.17. The second-order valence-corrected chi connectivity index (χ2v) is 8.66. The molecule has 4 aromatic rings. The number of fused-ring (bicyclic) bond motifs is 1. The molecule has 3 aromatic carbocycles. The summed E-state index contributed by atoms with van der Waals surface area (Å²) >= 11 is 12.4. The molecule has 0 saturated heterocycles. The molecule has 33 heavy (non-hydrogen) atoms. The first-order chi connectivity index (χ1) is 15.7. The van der Waals surface area contributed by atoms with Gasteiger partial charge in [0.05, 0.1) is 10.4 Å². The van der Waals surface area contributed by atoms with E-state index in [-0.39, 0.29) is 23.5 Å². The number of hydrogen-bond donors (Lipinski definition) is 1. The van der Waals surface area contributed by atoms with Crippen molar-refractivity contribution >= 4 is 45.8 Å². The molecular formula is C26H21Cl2NO4. The highest BCUT2D eigenvalue weighted by molar-refractivity contribution is 6.33. The highest BCUT2D eigenvalue weighted by atomic mass is 35.5. The summed E-state index contributed by atoms with van der Waals surface area (Å²) in [6, 6.07) is 15.8. The van der Waals surface area contributed by atoms with E-state index in [4.69, 9.17) is 32.4 Å². The van der Waals surface area contributed by atoms with Crippen LogP contribution in [0.5, 0.6) is 5.75 Å². The lowest BCUT2D eigenvalue weighted by Gasteiger charge is -2.14. The number of anilines is 1. The van der Waals surface area contributed by atoms with Crippen LogP contribution >= 0.6 is 23.2 Å². The van der Waals surface area contributed by atoms with Gasteiger partial charge < -0.3 is 14.5 Å². The van der Waals surface area contributed by atoms with Crippen LogP contribution < -0.4 is 15.5 Å². The number of carbonyl (C=O) groups excluding carboxylic acids is 1. The van der Waals surface area contributed by atoms with Crippen LogP contribution in [0.15, 0.2) is 63.8 Å². The molecule has 0 aliphatic carbocycles. The highest BCUT2D eigenvalue weighted by Crippen LogP contribution is 2.36. The molecule has 0 atom stereocenters. The molecule has 0 fully saturated rings. The van der Waals surface area contributed by atoms with E-state index in [2.05, 4.69) is 5.32 Å². The highest BCUT2D eigenvalue weighted by Gasteiger charge is 2.22. The summed E-state index contributed by atoms with van der Waals surface area (Å²) in [5.74, 6) is -0.310. The smallest absolute Gasteiger partial charge is 0.262 e. The van der Waals surface area contributed by atoms with Crippen molar-refractivity contribution in [1.29, 1.82) is 0 Å². The van der Waals surface area contributed by atoms with Crippen molar-refractivity contribution in [3.63, 3.8) is 0 Å². The Bertz CT molecular complexity index is 1440. The van der Waals surface area contributed by atoms with Crippen LogP contribution in [-0.2, 0) is 4.79 Å². The zero-order valence-corrected chi connectivity index (χ0v) is 19.8. The Hall–Kier alpha value is -3.28. The zero-order valence-electron chi connectivity index (χ0n) is 18.3. The number of amides is 1. The minimum atomic E-state index is -0.425. The second kappa shape index (κ2) is 9.30. The van der Waals surface area contributed by atoms with Crippen LogP contribution in [0.2, 0.25) is 10.0 Å². The maximum atomic E-state index is 13.5. The molecule has 0 spiro atoms. The zero-order chi connectivity index (χ0) is 23.7. The molecule has 0 aliphatic heterocycles. The minimum absolute atomic E-state index is 0.0643. The summed E-state index contributed by atoms with van der Waals surface area (Å²) in [7, 11) is 0. The van der Waals surface area contributed by atoms with Crippen molar-refractivity contribution in [2.24, 2.45) is 0 Å². The van der Waals surface area contributed by atoms with Gasteiger partial charge in [0, 0.05) is 16.3 Å². The fourth-order valence-electron chi connectivity index (χ4n) is 3.72. The molecule has 1 N–H and O–H groups in total. The van der Waals surface area contributed by atoms with Crippen LogP contribution in [-0.4, -0.2) is 12.5 Å². The SMILES string of the molecule is Cc1cc(C)c2c(=O)c(OCC(=O)Nc3ccc(Cl)cc3C)c(-c3ccccc3Cl)oc2c1. The first-order valence-corrected chi connectivity index (χ1v) is 11.0. The van der Waals surface area contributed by atoms with E-state index in [1.54, 1.807) is 48.5 Å². The van der Waals surface area contributed by atoms with Crippen LogP contribution in [0.4, 0.5) is 5.69 Å². The Morgan fingerprint density at radius 2 is 1.76 bits per heavy atom. The molecule has 0 bridgehead atoms. The molecule has 1 heterocycles. The monoisotopic (exact) mass is 481 g/mol. The largest absolute Gasteiger partial charge is 0.476 e. The number of aryl methyl sites for hydroxylation is 3. The van der Waals surface area contributed by atoms with E-state index < -0.39 is 5.91 Å². The van der Waals surface area contributed by atoms with E-state index in [9.17, 15) is 9.59 Å². The molecule has 1 aromatic heterocycles. The maximum absolute atomic E-state index is 13.5. The van der Waals surface area contributed by atoms with Crippen molar-refractivity contribution in [3.05, 3.63) is 91.6 Å². The summed E-state index contributed by atoms with van der Waals surface area (Å²) in [5.41, 5.74) is 3.71. The Morgan fingerprint density at radius 3 is 2.48 bits per heavy atom. The van der Waals surface area contributed by atoms with Crippen molar-refractivity contribution < 1.29 is 13.9 Å². The molecule has 0 aliphatic rings. The topological polar surface area (TPSA) is 68.5 Å². The summed E-state index contributed by atoms with van der Waals surface area (Å²) in [6.07, 6.45) is 0. The van der Waals surface area contributed by atoms with Gasteiger partial charge in [0.15, 0.2) is 12.4 Å². The number of halogens is 2. The molecule has 168 valence electrons. The summed E-state index contributed by atoms with van der Waals surface area (Å²) < 4.78 is 11.9. The predicted molar refractivity (Wildman–Crippen MR) is 133 cm³/mol. The standard InChI is InChI=1S/C26H21Cl2NO4/c1-14-10-16(3)23-21(11-14)33-25(18-6-4-5-7-19(18)28)26(24(23)31)32-13-22(30)29-20-9-8-17(27)12-15(20)2/h4-12H,13H2,1-3H3,(H,29,30). The Kier molecular flexibility index (Phi) is 6.45. The van der Waals surface area contributed by atoms with Gasteiger partial charge in [-0.15, -0.1) is 0 Å². The van der Waals surface area contributed by atoms with Gasteiger partial charge in [-0.25, -0.2) is 0 Å². The van der Waals surface area contributed by atoms with Gasteiger partial charge in [-0.05, 0) is 73.9 Å². The maximum Gasteiger partial charge on any atom is 0.262 e. The van der Waals surface area contributed by atoms with E-state index in [0.717, 1.165) is 16.7 Å². The van der Waals surface area contributed by atoms with Gasteiger partial charge in [0.1, 0.15) is 5.58 Å². The summed E-state index contributed by atoms with van der Waals surface area (Å²) in [5, 5.41) is 4.15. The second-order valence-electron chi connectivity index (χ2n) is 7.82. The summed E-state index contributed by atoms with van der Waals surface area (Å²) in [6.45, 7) is 5.21. The first-order valence-electron chi connectivity index (χ1n) is 10.3. The van der Waals surface area contributed by atoms with Crippen molar-refractivity contribution in [3.8, 4) is 17.1 Å². The number of nitrogens with one attached hydrogen (secondary N) is 1. The fraction of sp³-hybridized carbons (Fsp3) is 0.154. The third-order valence-corrected chi connectivity index (χ3v) is 5.79. The van der Waals surface area contributed by atoms with E-state index in [1.165, 1.54) is 0 Å². The molecule has 7 heteroatoms. The summed E-state index contributed by atoms with van der Waals surface area (Å²) in [4.78, 5) is 26.1. The van der Waals surface area contributed by atoms with E-state index in [0.29, 0.717) is 32.3 Å². The van der Waals surface area contributed by atoms with Crippen LogP contribution in [0.1, 0.15) is 16.7 Å². The normalized spacial score (nSPS) is 10.9. The third kappa shape index (κ3) is 4.75. The molecule has 0 saturated carbocycles. The lowest BCUT2D eigenvalue weighted by molar-refractivity contribution is -0.118. The van der Waals surface area contributed by atoms with E-state index in [1.807, 2.05) is 26.8 Å². The van der Waals surface area contributed by atoms with Gasteiger partial charge in [0.25, 0.3) is 5.91 Å². The molecule has 0 radical (unpaired) electrons. The van der Waals surface area contributed by atoms with Crippen LogP contribution in [0.25, 0.3) is 22.3 Å². The minimum Gasteiger partial charge on any atom is -0.476 e. The molecule has 5 nitrogen and oxygen atoms in total. The van der Waals surface area contributed by atoms with Crippen molar-refractivity contribution in [2.75, 3.05) is 11.9 Å². The lowest BCUT2D eigenvalue weighted by Crippen LogP contribution is -2.23. The average Bonchev–Trinajstić information content (AvgIpc) is 2.74. The van der Waals surface area contributed by atoms with Gasteiger partial charge >= 0.3 is 0 Å². The van der Waals surface area contributed by atoms with Crippen LogP contribution in [0, 0.1) is 20.8 Å². The third-order valence-electron chi connectivity index (χ3n) is 5.22. The molecular weight excluding hydrogens is 461 g/mol. The lowest BCUT2D eigenvalue weighted by atomic mass is 10.0. The Labute approximate surface area is 200 Å². The quantitative estimate of drug-likeness (QED) is 0.343. The van der Waals surface area contributed by atoms with Gasteiger partial charge in [-0.2, -0.15) is 0 Å². The number of hydrogen-bond acceptors (Lipinski definition) is 4. The molecule has 0 unspecified atom stereocenters. The van der Waals surface area contributed by atoms with Gasteiger partial charge in [0.2, 0.25) is 11.2 Å².